The molecule has 0 aromatic carbocycles. The highest BCUT2D eigenvalue weighted by Crippen LogP contribution is 2.65. The molecule has 292 valence electrons. The predicted octanol–water partition coefficient (Wildman–Crippen LogP) is 4.98. The lowest BCUT2D eigenvalue weighted by Crippen LogP contribution is -2.54. The first-order chi connectivity index (χ1) is 24.4. The van der Waals surface area contributed by atoms with Gasteiger partial charge in [-0.15, -0.1) is 0 Å². The molecule has 2 aliphatic carbocycles. The lowest BCUT2D eigenvalue weighted by atomic mass is 9.76. The predicted molar refractivity (Wildman–Crippen MR) is 199 cm³/mol. The van der Waals surface area contributed by atoms with Crippen LogP contribution in [0, 0.1) is 40.4 Å². The Hall–Kier alpha value is -2.95. The van der Waals surface area contributed by atoms with Gasteiger partial charge in [0, 0.05) is 50.2 Å². The molecule has 2 saturated carbocycles. The van der Waals surface area contributed by atoms with E-state index in [9.17, 15) is 33.6 Å². The molecule has 4 amide bonds. The number of piperidine rings is 1. The van der Waals surface area contributed by atoms with Gasteiger partial charge in [0.2, 0.25) is 23.5 Å². The van der Waals surface area contributed by atoms with Crippen LogP contribution in [0.3, 0.4) is 0 Å². The summed E-state index contributed by atoms with van der Waals surface area (Å²) in [5, 5.41) is 2.72. The molecule has 11 nitrogen and oxygen atoms in total. The average molecular weight is 727 g/mol. The van der Waals surface area contributed by atoms with Crippen molar-refractivity contribution >= 4 is 41.0 Å². The minimum atomic E-state index is -0.789. The summed E-state index contributed by atoms with van der Waals surface area (Å²) in [6, 6.07) is -0.640. The summed E-state index contributed by atoms with van der Waals surface area (Å²) in [5.74, 6) is -3.74. The largest absolute Gasteiger partial charge is 0.347 e. The van der Waals surface area contributed by atoms with Crippen LogP contribution in [0.2, 0.25) is 0 Å². The molecule has 0 aromatic heterocycles. The number of unbranched alkanes of at least 4 members (excludes halogenated alkanes) is 6. The van der Waals surface area contributed by atoms with Gasteiger partial charge in [0.25, 0.3) is 5.91 Å². The van der Waals surface area contributed by atoms with Crippen LogP contribution in [0.15, 0.2) is 0 Å². The maximum atomic E-state index is 14.5. The van der Waals surface area contributed by atoms with Crippen LogP contribution in [0.5, 0.6) is 0 Å². The molecule has 4 rings (SSSR count). The minimum absolute atomic E-state index is 0.0228. The Balaban J connectivity index is 1.48. The fraction of sp³-hybridized carbons (Fsp3) is 0.829. The quantitative estimate of drug-likeness (QED) is 0.0993. The molecule has 0 radical (unpaired) electrons. The number of ketones is 3. The zero-order chi connectivity index (χ0) is 38.5. The Morgan fingerprint density at radius 1 is 0.885 bits per heavy atom. The maximum absolute atomic E-state index is 14.5. The van der Waals surface area contributed by atoms with Gasteiger partial charge >= 0.3 is 0 Å². The number of hydrogen-bond donors (Lipinski definition) is 1. The number of imide groups is 1. The van der Waals surface area contributed by atoms with E-state index in [0.29, 0.717) is 13.0 Å². The van der Waals surface area contributed by atoms with E-state index in [1.54, 1.807) is 23.8 Å². The van der Waals surface area contributed by atoms with Crippen LogP contribution in [0.1, 0.15) is 132 Å². The molecular weight excluding hydrogens is 660 g/mol. The normalized spacial score (nSPS) is 24.7. The number of nitrogens with one attached hydrogen (secondary N) is 1. The van der Waals surface area contributed by atoms with Crippen molar-refractivity contribution in [2.24, 2.45) is 40.4 Å². The van der Waals surface area contributed by atoms with Gasteiger partial charge in [0.05, 0.1) is 19.1 Å². The summed E-state index contributed by atoms with van der Waals surface area (Å²) in [7, 11) is 1.73. The molecule has 1 N–H and O–H groups in total. The number of fused-ring (bicyclic) bond motifs is 1. The number of carbonyl (C=O) groups is 7. The lowest BCUT2D eigenvalue weighted by Gasteiger charge is -2.37. The zero-order valence-electron chi connectivity index (χ0n) is 33.3. The number of carbonyl (C=O) groups excluding carboxylic acids is 7. The van der Waals surface area contributed by atoms with Crippen LogP contribution in [0.4, 0.5) is 0 Å². The second kappa shape index (κ2) is 17.5. The van der Waals surface area contributed by atoms with E-state index in [4.69, 9.17) is 0 Å². The van der Waals surface area contributed by atoms with E-state index in [2.05, 4.69) is 26.1 Å². The highest BCUT2D eigenvalue weighted by molar-refractivity contribution is 6.37. The molecule has 0 unspecified atom stereocenters. The summed E-state index contributed by atoms with van der Waals surface area (Å²) in [5.41, 5.74) is -0.490. The topological polar surface area (TPSA) is 141 Å². The third-order valence-electron chi connectivity index (χ3n) is 12.4. The number of nitrogens with zero attached hydrogens (tertiary/aromatic N) is 3. The Labute approximate surface area is 311 Å². The fourth-order valence-corrected chi connectivity index (χ4v) is 8.53. The van der Waals surface area contributed by atoms with Crippen molar-refractivity contribution in [1.29, 1.82) is 0 Å². The Bertz CT molecular complexity index is 1350. The van der Waals surface area contributed by atoms with Crippen LogP contribution in [-0.2, 0) is 33.6 Å². The molecule has 4 aliphatic rings. The van der Waals surface area contributed by atoms with Crippen LogP contribution in [0.25, 0.3) is 0 Å². The van der Waals surface area contributed by atoms with Crippen LogP contribution >= 0.6 is 0 Å². The molecule has 2 aliphatic heterocycles. The number of rotatable bonds is 21. The highest BCUT2D eigenvalue weighted by atomic mass is 16.2. The number of amides is 4. The van der Waals surface area contributed by atoms with Crippen molar-refractivity contribution in [2.45, 2.75) is 144 Å². The lowest BCUT2D eigenvalue weighted by molar-refractivity contribution is -0.152. The number of likely N-dealkylation sites (N-methyl/N-ethyl adjacent to an activating group) is 1. The van der Waals surface area contributed by atoms with E-state index in [0.717, 1.165) is 38.5 Å². The summed E-state index contributed by atoms with van der Waals surface area (Å²) in [6.07, 6.45) is 9.85. The molecule has 0 aromatic rings. The number of Topliss-reactive ketones (excluding diaryl/α,β-unsaturated/α-hetero) is 3. The summed E-state index contributed by atoms with van der Waals surface area (Å²) < 4.78 is 0. The third-order valence-corrected chi connectivity index (χ3v) is 12.4. The van der Waals surface area contributed by atoms with Gasteiger partial charge in [-0.2, -0.15) is 0 Å². The van der Waals surface area contributed by atoms with Gasteiger partial charge in [0.15, 0.2) is 5.78 Å². The van der Waals surface area contributed by atoms with Crippen molar-refractivity contribution < 1.29 is 33.6 Å². The van der Waals surface area contributed by atoms with E-state index >= 15 is 0 Å². The smallest absolute Gasteiger partial charge is 0.287 e. The Kier molecular flexibility index (Phi) is 14.0. The minimum Gasteiger partial charge on any atom is -0.347 e. The summed E-state index contributed by atoms with van der Waals surface area (Å²) in [6.45, 7) is 15.0. The maximum Gasteiger partial charge on any atom is 0.287 e. The van der Waals surface area contributed by atoms with E-state index in [-0.39, 0.29) is 103 Å². The fourth-order valence-electron chi connectivity index (χ4n) is 8.53. The van der Waals surface area contributed by atoms with Crippen molar-refractivity contribution in [1.82, 2.24) is 20.0 Å². The van der Waals surface area contributed by atoms with Crippen molar-refractivity contribution in [3.63, 3.8) is 0 Å². The van der Waals surface area contributed by atoms with Gasteiger partial charge in [0.1, 0.15) is 5.78 Å². The molecular formula is C41H66N4O7. The monoisotopic (exact) mass is 726 g/mol. The van der Waals surface area contributed by atoms with Crippen LogP contribution < -0.4 is 5.32 Å². The molecule has 6 atom stereocenters. The molecule has 0 spiro atoms. The van der Waals surface area contributed by atoms with Gasteiger partial charge in [-0.1, -0.05) is 93.4 Å². The average Bonchev–Trinajstić information content (AvgIpc) is 3.90. The molecule has 0 bridgehead atoms. The first kappa shape index (κ1) is 41.8. The van der Waals surface area contributed by atoms with E-state index in [1.165, 1.54) is 24.2 Å². The Morgan fingerprint density at radius 3 is 2.06 bits per heavy atom. The zero-order valence-corrected chi connectivity index (χ0v) is 33.3. The van der Waals surface area contributed by atoms with Crippen molar-refractivity contribution in [3.8, 4) is 0 Å². The Morgan fingerprint density at radius 2 is 1.48 bits per heavy atom. The number of likely N-dealkylation sites (tertiary alicyclic amines) is 1. The van der Waals surface area contributed by atoms with Crippen LogP contribution in [-0.4, -0.2) is 101 Å². The van der Waals surface area contributed by atoms with Gasteiger partial charge in [-0.25, -0.2) is 0 Å². The second-order valence-electron chi connectivity index (χ2n) is 18.3. The number of piperazine rings is 1. The van der Waals surface area contributed by atoms with Crippen molar-refractivity contribution in [3.05, 3.63) is 0 Å². The first-order valence-corrected chi connectivity index (χ1v) is 20.1. The third kappa shape index (κ3) is 10.6. The van der Waals surface area contributed by atoms with Gasteiger partial charge in [-0.05, 0) is 54.9 Å². The molecule has 52 heavy (non-hydrogen) atoms. The first-order valence-electron chi connectivity index (χ1n) is 20.1. The van der Waals surface area contributed by atoms with Gasteiger partial charge in [-0.3, -0.25) is 43.4 Å². The molecule has 11 heteroatoms. The summed E-state index contributed by atoms with van der Waals surface area (Å²) >= 11 is 0. The standard InChI is InChI=1S/C41H66N4O7/c1-9-10-11-12-13-14-15-16-27(20-30(46)21-28(40(3,4)5)22-44-33(48)24-43(8)25-34(44)49)39(52)45-23-31-35(41(31,6)7)36(45)32(47)19-26(2)37(50)38(51)42-29-17-18-29/h26-29,31,35-36H,9-25H2,1-8H3,(H,42,51)/t26-,27-,28-,31+,35+,36-/m1/s1. The van der Waals surface area contributed by atoms with E-state index in [1.807, 2.05) is 20.8 Å². The van der Waals surface area contributed by atoms with E-state index < -0.39 is 29.6 Å². The highest BCUT2D eigenvalue weighted by Gasteiger charge is 2.69. The molecule has 2 saturated heterocycles. The SMILES string of the molecule is CCCCCCCCC[C@H](CC(=O)C[C@H](CN1C(=O)CN(C)CC1=O)C(C)(C)C)C(=O)N1C[C@H]2[C@@H]([C@H]1C(=O)C[C@@H](C)C(=O)C(=O)NC1CC1)C2(C)C. The number of hydrogen-bond acceptors (Lipinski definition) is 8. The molecule has 2 heterocycles. The summed E-state index contributed by atoms with van der Waals surface area (Å²) in [4.78, 5) is 98.1. The van der Waals surface area contributed by atoms with Gasteiger partial charge < -0.3 is 10.2 Å². The second-order valence-corrected chi connectivity index (χ2v) is 18.3. The van der Waals surface area contributed by atoms with Crippen molar-refractivity contribution in [2.75, 3.05) is 33.2 Å². The molecule has 4 fully saturated rings.